The summed E-state index contributed by atoms with van der Waals surface area (Å²) in [6.45, 7) is 3.70. The molecule has 1 aromatic heterocycles. The first-order chi connectivity index (χ1) is 10.3. The summed E-state index contributed by atoms with van der Waals surface area (Å²) in [5, 5.41) is 12.7. The second kappa shape index (κ2) is 6.29. The molecule has 0 saturated carbocycles. The lowest BCUT2D eigenvalue weighted by Crippen LogP contribution is -2.22. The van der Waals surface area contributed by atoms with Crippen LogP contribution in [0.5, 0.6) is 0 Å². The van der Waals surface area contributed by atoms with Crippen molar-refractivity contribution >= 4 is 21.8 Å². The summed E-state index contributed by atoms with van der Waals surface area (Å²) in [6.07, 6.45) is 0.484. The molecule has 1 unspecified atom stereocenters. The zero-order valence-corrected chi connectivity index (χ0v) is 12.3. The fourth-order valence-electron chi connectivity index (χ4n) is 2.83. The quantitative estimate of drug-likeness (QED) is 0.702. The zero-order chi connectivity index (χ0) is 14.7. The van der Waals surface area contributed by atoms with Gasteiger partial charge in [-0.3, -0.25) is 0 Å². The Hall–Kier alpha value is -1.84. The maximum Gasteiger partial charge on any atom is 0.0952 e. The van der Waals surface area contributed by atoms with E-state index in [1.54, 1.807) is 0 Å². The molecule has 0 aliphatic carbocycles. The van der Waals surface area contributed by atoms with E-state index in [2.05, 4.69) is 47.9 Å². The Labute approximate surface area is 124 Å². The molecule has 1 N–H and O–H groups in total. The van der Waals surface area contributed by atoms with Crippen molar-refractivity contribution in [3.8, 4) is 0 Å². The number of hydrogen-bond acceptors (Lipinski definition) is 2. The minimum atomic E-state index is -0.490. The largest absolute Gasteiger partial charge is 0.389 e. The Balaban J connectivity index is 1.96. The first-order valence-corrected chi connectivity index (χ1v) is 7.53. The molecule has 3 heteroatoms. The summed E-state index contributed by atoms with van der Waals surface area (Å²) in [5.74, 6) is 0. The second-order valence-electron chi connectivity index (χ2n) is 5.37. The Bertz CT molecular complexity index is 679. The highest BCUT2D eigenvalue weighted by Gasteiger charge is 2.13. The molecular formula is C18H21NO2. The lowest BCUT2D eigenvalue weighted by molar-refractivity contribution is 0.0295. The number of ether oxygens (including phenoxy) is 1. The molecule has 3 rings (SSSR count). The summed E-state index contributed by atoms with van der Waals surface area (Å²) in [6, 6.07) is 16.7. The second-order valence-corrected chi connectivity index (χ2v) is 5.37. The normalized spacial score (nSPS) is 13.0. The van der Waals surface area contributed by atoms with Crippen molar-refractivity contribution in [3.05, 3.63) is 48.5 Å². The van der Waals surface area contributed by atoms with Gasteiger partial charge in [0.25, 0.3) is 0 Å². The van der Waals surface area contributed by atoms with Crippen molar-refractivity contribution < 1.29 is 9.84 Å². The molecule has 0 bridgehead atoms. The van der Waals surface area contributed by atoms with Gasteiger partial charge >= 0.3 is 0 Å². The average molecular weight is 283 g/mol. The van der Waals surface area contributed by atoms with Gasteiger partial charge in [0.05, 0.1) is 19.3 Å². The monoisotopic (exact) mass is 283 g/mol. The standard InChI is InChI=1S/C18H21NO2/c1-2-11-21-13-14(20)12-19-17-9-5-3-7-15(17)16-8-4-6-10-18(16)19/h3-10,14,20H,2,11-13H2,1H3. The summed E-state index contributed by atoms with van der Waals surface area (Å²) in [7, 11) is 0. The van der Waals surface area contributed by atoms with Gasteiger partial charge in [-0.05, 0) is 18.6 Å². The zero-order valence-electron chi connectivity index (χ0n) is 12.3. The van der Waals surface area contributed by atoms with Crippen molar-refractivity contribution in [3.63, 3.8) is 0 Å². The summed E-state index contributed by atoms with van der Waals surface area (Å²) >= 11 is 0. The van der Waals surface area contributed by atoms with E-state index in [4.69, 9.17) is 4.74 Å². The number of benzene rings is 2. The predicted octanol–water partition coefficient (Wildman–Crippen LogP) is 3.58. The maximum atomic E-state index is 10.2. The molecule has 1 heterocycles. The molecule has 0 aliphatic heterocycles. The van der Waals surface area contributed by atoms with Crippen LogP contribution in [0.4, 0.5) is 0 Å². The molecule has 0 fully saturated rings. The highest BCUT2D eigenvalue weighted by Crippen LogP contribution is 2.28. The van der Waals surface area contributed by atoms with Crippen LogP contribution in [-0.2, 0) is 11.3 Å². The van der Waals surface area contributed by atoms with Crippen molar-refractivity contribution in [2.24, 2.45) is 0 Å². The average Bonchev–Trinajstić information content (AvgIpc) is 2.83. The number of rotatable bonds is 6. The third-order valence-electron chi connectivity index (χ3n) is 3.73. The fraction of sp³-hybridized carbons (Fsp3) is 0.333. The topological polar surface area (TPSA) is 34.4 Å². The maximum absolute atomic E-state index is 10.2. The minimum absolute atomic E-state index is 0.384. The Morgan fingerprint density at radius 1 is 1.00 bits per heavy atom. The molecular weight excluding hydrogens is 262 g/mol. The van der Waals surface area contributed by atoms with E-state index < -0.39 is 6.10 Å². The molecule has 3 nitrogen and oxygen atoms in total. The van der Waals surface area contributed by atoms with Gasteiger partial charge in [0.2, 0.25) is 0 Å². The van der Waals surface area contributed by atoms with E-state index in [0.29, 0.717) is 19.8 Å². The highest BCUT2D eigenvalue weighted by atomic mass is 16.5. The first-order valence-electron chi connectivity index (χ1n) is 7.53. The SMILES string of the molecule is CCCOCC(O)Cn1c2ccccc2c2ccccc21. The summed E-state index contributed by atoms with van der Waals surface area (Å²) in [4.78, 5) is 0. The number of aliphatic hydroxyl groups is 1. The van der Waals surface area contributed by atoms with Gasteiger partial charge in [-0.2, -0.15) is 0 Å². The van der Waals surface area contributed by atoms with Gasteiger partial charge in [0.1, 0.15) is 0 Å². The molecule has 0 radical (unpaired) electrons. The van der Waals surface area contributed by atoms with Crippen LogP contribution >= 0.6 is 0 Å². The third kappa shape index (κ3) is 2.80. The predicted molar refractivity (Wildman–Crippen MR) is 86.6 cm³/mol. The number of nitrogens with zero attached hydrogens (tertiary/aromatic N) is 1. The molecule has 0 saturated heterocycles. The highest BCUT2D eigenvalue weighted by molar-refractivity contribution is 6.07. The molecule has 2 aromatic carbocycles. The van der Waals surface area contributed by atoms with Gasteiger partial charge in [0.15, 0.2) is 0 Å². The molecule has 0 aliphatic rings. The number of aliphatic hydroxyl groups excluding tert-OH is 1. The molecule has 1 atom stereocenters. The van der Waals surface area contributed by atoms with E-state index >= 15 is 0 Å². The Kier molecular flexibility index (Phi) is 4.23. The molecule has 110 valence electrons. The van der Waals surface area contributed by atoms with Crippen LogP contribution in [0.15, 0.2) is 48.5 Å². The smallest absolute Gasteiger partial charge is 0.0952 e. The molecule has 0 amide bonds. The molecule has 0 spiro atoms. The van der Waals surface area contributed by atoms with Crippen LogP contribution in [0, 0.1) is 0 Å². The van der Waals surface area contributed by atoms with Gasteiger partial charge in [-0.1, -0.05) is 43.3 Å². The van der Waals surface area contributed by atoms with E-state index in [-0.39, 0.29) is 0 Å². The lowest BCUT2D eigenvalue weighted by atomic mass is 10.2. The first kappa shape index (κ1) is 14.1. The Morgan fingerprint density at radius 2 is 1.57 bits per heavy atom. The minimum Gasteiger partial charge on any atom is -0.389 e. The van der Waals surface area contributed by atoms with Gasteiger partial charge in [-0.25, -0.2) is 0 Å². The number of fused-ring (bicyclic) bond motifs is 3. The van der Waals surface area contributed by atoms with Gasteiger partial charge < -0.3 is 14.4 Å². The summed E-state index contributed by atoms with van der Waals surface area (Å²) < 4.78 is 7.64. The van der Waals surface area contributed by atoms with Crippen LogP contribution in [-0.4, -0.2) is 29.0 Å². The van der Waals surface area contributed by atoms with Crippen molar-refractivity contribution in [2.45, 2.75) is 26.0 Å². The van der Waals surface area contributed by atoms with Crippen LogP contribution < -0.4 is 0 Å². The fourth-order valence-corrected chi connectivity index (χ4v) is 2.83. The van der Waals surface area contributed by atoms with Gasteiger partial charge in [-0.15, -0.1) is 0 Å². The number of aromatic nitrogens is 1. The van der Waals surface area contributed by atoms with Gasteiger partial charge in [0, 0.05) is 28.4 Å². The Morgan fingerprint density at radius 3 is 2.14 bits per heavy atom. The van der Waals surface area contributed by atoms with E-state index in [1.807, 2.05) is 12.1 Å². The third-order valence-corrected chi connectivity index (χ3v) is 3.73. The summed E-state index contributed by atoms with van der Waals surface area (Å²) in [5.41, 5.74) is 2.32. The van der Waals surface area contributed by atoms with Crippen LogP contribution in [0.25, 0.3) is 21.8 Å². The molecule has 3 aromatic rings. The van der Waals surface area contributed by atoms with E-state index in [1.165, 1.54) is 10.8 Å². The van der Waals surface area contributed by atoms with Crippen LogP contribution in [0.2, 0.25) is 0 Å². The number of hydrogen-bond donors (Lipinski definition) is 1. The van der Waals surface area contributed by atoms with Crippen molar-refractivity contribution in [1.29, 1.82) is 0 Å². The van der Waals surface area contributed by atoms with Crippen LogP contribution in [0.3, 0.4) is 0 Å². The molecule has 21 heavy (non-hydrogen) atoms. The van der Waals surface area contributed by atoms with Crippen molar-refractivity contribution in [1.82, 2.24) is 4.57 Å². The van der Waals surface area contributed by atoms with Crippen LogP contribution in [0.1, 0.15) is 13.3 Å². The lowest BCUT2D eigenvalue weighted by Gasteiger charge is -2.14. The van der Waals surface area contributed by atoms with E-state index in [9.17, 15) is 5.11 Å². The van der Waals surface area contributed by atoms with Crippen molar-refractivity contribution in [2.75, 3.05) is 13.2 Å². The number of para-hydroxylation sites is 2. The van der Waals surface area contributed by atoms with E-state index in [0.717, 1.165) is 17.5 Å².